The number of aliphatic hydroxyl groups is 2. The fraction of sp³-hybridized carbons (Fsp3) is 0.632. The number of benzene rings is 2. The van der Waals surface area contributed by atoms with Crippen molar-refractivity contribution in [1.82, 2.24) is 10.2 Å². The third-order valence-corrected chi connectivity index (χ3v) is 14.0. The summed E-state index contributed by atoms with van der Waals surface area (Å²) in [4.78, 5) is 36.2. The standard InChI is InChI=1S/C57H83N3O11/c1-7-10-12-13-14-15-16-17-18-21-30-58-54(63)69-43-27-29-48-46(37-43)52-44(25-20-23-32-62)42(24-19-22-31-61)36-45-47(59-71-56(4,5)6)38-51(57(70-48,53(45)52)68-33-9-3)60(55(64)65-34-11-8-2)39-41-26-28-49-50(35-41)67-40-66-49/h8-9,26-29,35-37,42,44,51-53,61-62H,2-3,7,10-25,30-34,38-40H2,1,4-6H3,(H,58,63)/t42-,44+,51-,52+,53+,57+/m0/s1. The predicted molar refractivity (Wildman–Crippen MR) is 276 cm³/mol. The van der Waals surface area contributed by atoms with Gasteiger partial charge in [0, 0.05) is 44.2 Å². The van der Waals surface area contributed by atoms with Gasteiger partial charge in [-0.2, -0.15) is 0 Å². The van der Waals surface area contributed by atoms with Crippen LogP contribution in [-0.4, -0.2) is 90.2 Å². The van der Waals surface area contributed by atoms with Crippen molar-refractivity contribution in [2.75, 3.05) is 39.8 Å². The molecule has 392 valence electrons. The summed E-state index contributed by atoms with van der Waals surface area (Å²) in [6.07, 6.45) is 21.6. The average molecular weight is 986 g/mol. The van der Waals surface area contributed by atoms with E-state index >= 15 is 0 Å². The van der Waals surface area contributed by atoms with Crippen molar-refractivity contribution in [3.05, 3.63) is 84.5 Å². The highest BCUT2D eigenvalue weighted by Crippen LogP contribution is 2.62. The highest BCUT2D eigenvalue weighted by Gasteiger charge is 2.66. The van der Waals surface area contributed by atoms with E-state index in [1.807, 2.05) is 51.1 Å². The first kappa shape index (κ1) is 55.3. The minimum Gasteiger partial charge on any atom is -0.459 e. The Morgan fingerprint density at radius 2 is 1.58 bits per heavy atom. The number of oxime groups is 1. The number of hydrogen-bond acceptors (Lipinski definition) is 12. The zero-order valence-electron chi connectivity index (χ0n) is 43.1. The number of amides is 2. The molecule has 0 aromatic heterocycles. The smallest absolute Gasteiger partial charge is 0.412 e. The molecule has 71 heavy (non-hydrogen) atoms. The number of carbonyl (C=O) groups is 2. The summed E-state index contributed by atoms with van der Waals surface area (Å²) in [7, 11) is 0. The second-order valence-electron chi connectivity index (χ2n) is 20.5. The lowest BCUT2D eigenvalue weighted by Gasteiger charge is -2.60. The number of fused-ring (bicyclic) bond motifs is 3. The summed E-state index contributed by atoms with van der Waals surface area (Å²) in [6, 6.07) is 10.3. The van der Waals surface area contributed by atoms with Gasteiger partial charge in [-0.15, -0.1) is 13.2 Å². The number of allylic oxidation sites excluding steroid dienone is 1. The Morgan fingerprint density at radius 1 is 0.873 bits per heavy atom. The number of aliphatic hydroxyl groups excluding tert-OH is 2. The molecule has 3 N–H and O–H groups in total. The first-order valence-electron chi connectivity index (χ1n) is 26.6. The van der Waals surface area contributed by atoms with Crippen LogP contribution < -0.4 is 24.3 Å². The molecule has 2 aromatic rings. The maximum atomic E-state index is 14.8. The normalized spacial score (nSPS) is 22.4. The molecule has 0 bridgehead atoms. The van der Waals surface area contributed by atoms with Crippen molar-refractivity contribution in [2.24, 2.45) is 22.9 Å². The van der Waals surface area contributed by atoms with Gasteiger partial charge >= 0.3 is 12.2 Å². The van der Waals surface area contributed by atoms with E-state index in [2.05, 4.69) is 31.5 Å². The van der Waals surface area contributed by atoms with Crippen LogP contribution in [0.5, 0.6) is 23.0 Å². The number of hydrogen-bond donors (Lipinski definition) is 3. The van der Waals surface area contributed by atoms with Crippen LogP contribution in [0.3, 0.4) is 0 Å². The number of nitrogens with one attached hydrogen (secondary N) is 1. The van der Waals surface area contributed by atoms with Gasteiger partial charge in [-0.25, -0.2) is 9.59 Å². The maximum absolute atomic E-state index is 14.8. The lowest BCUT2D eigenvalue weighted by Crippen LogP contribution is -2.70. The van der Waals surface area contributed by atoms with Crippen molar-refractivity contribution in [1.29, 1.82) is 0 Å². The minimum absolute atomic E-state index is 0.0125. The Balaban J connectivity index is 1.43. The number of nitrogens with zero attached hydrogens (tertiary/aromatic N) is 2. The number of rotatable bonds is 30. The van der Waals surface area contributed by atoms with Crippen molar-refractivity contribution < 1.29 is 53.1 Å². The van der Waals surface area contributed by atoms with E-state index in [1.165, 1.54) is 44.9 Å². The lowest BCUT2D eigenvalue weighted by molar-refractivity contribution is -0.256. The molecule has 2 aromatic carbocycles. The summed E-state index contributed by atoms with van der Waals surface area (Å²) in [5.74, 6) is -0.352. The SMILES string of the molecule is C=CCCOC(=O)N(Cc1ccc2c(c1)OCO2)[C@H]1CC(=NOC(C)(C)C)C2=C[C@H](CCCCO)[C@@H](CCCCO)[C@@H]3c4cc(OC(=O)NCCCCCCCCCCCC)ccc4O[C@@]1(OCC=C)[C@H]23. The minimum atomic E-state index is -1.54. The Kier molecular flexibility index (Phi) is 21.6. The Hall–Kier alpha value is -5.05. The monoisotopic (exact) mass is 986 g/mol. The fourth-order valence-corrected chi connectivity index (χ4v) is 10.7. The van der Waals surface area contributed by atoms with Gasteiger partial charge in [-0.3, -0.25) is 4.90 Å². The molecule has 14 nitrogen and oxygen atoms in total. The first-order valence-corrected chi connectivity index (χ1v) is 26.6. The molecule has 1 fully saturated rings. The molecule has 6 rings (SSSR count). The Bertz CT molecular complexity index is 2100. The van der Waals surface area contributed by atoms with Crippen molar-refractivity contribution in [3.63, 3.8) is 0 Å². The zero-order chi connectivity index (χ0) is 50.6. The van der Waals surface area contributed by atoms with Gasteiger partial charge in [-0.1, -0.05) is 107 Å². The predicted octanol–water partition coefficient (Wildman–Crippen LogP) is 12.1. The topological polar surface area (TPSA) is 167 Å². The number of unbranched alkanes of at least 4 members (excludes halogenated alkanes) is 11. The largest absolute Gasteiger partial charge is 0.459 e. The van der Waals surface area contributed by atoms with Crippen LogP contribution in [0.2, 0.25) is 0 Å². The Labute approximate surface area is 423 Å². The van der Waals surface area contributed by atoms with E-state index in [1.54, 1.807) is 23.1 Å². The van der Waals surface area contributed by atoms with E-state index in [4.69, 9.17) is 38.4 Å². The van der Waals surface area contributed by atoms with Gasteiger partial charge in [0.15, 0.2) is 11.5 Å². The van der Waals surface area contributed by atoms with Crippen molar-refractivity contribution in [3.8, 4) is 23.0 Å². The second-order valence-corrected chi connectivity index (χ2v) is 20.5. The van der Waals surface area contributed by atoms with E-state index in [-0.39, 0.29) is 63.9 Å². The van der Waals surface area contributed by atoms with Gasteiger partial charge in [0.2, 0.25) is 12.6 Å². The molecule has 1 saturated carbocycles. The summed E-state index contributed by atoms with van der Waals surface area (Å²) in [6.45, 7) is 17.0. The van der Waals surface area contributed by atoms with Gasteiger partial charge in [-0.05, 0) is 113 Å². The Morgan fingerprint density at radius 3 is 2.28 bits per heavy atom. The third kappa shape index (κ3) is 15.0. The molecule has 0 radical (unpaired) electrons. The van der Waals surface area contributed by atoms with Crippen LogP contribution in [0.15, 0.2) is 78.5 Å². The van der Waals surface area contributed by atoms with Gasteiger partial charge < -0.3 is 48.8 Å². The zero-order valence-corrected chi connectivity index (χ0v) is 43.1. The fourth-order valence-electron chi connectivity index (χ4n) is 10.7. The van der Waals surface area contributed by atoms with E-state index in [0.717, 1.165) is 61.6 Å². The lowest BCUT2D eigenvalue weighted by atomic mass is 9.55. The molecule has 2 aliphatic carbocycles. The van der Waals surface area contributed by atoms with Crippen LogP contribution in [0.4, 0.5) is 9.59 Å². The highest BCUT2D eigenvalue weighted by molar-refractivity contribution is 6.03. The van der Waals surface area contributed by atoms with Crippen LogP contribution >= 0.6 is 0 Å². The summed E-state index contributed by atoms with van der Waals surface area (Å²) in [5, 5.41) is 28.0. The molecule has 4 aliphatic rings. The van der Waals surface area contributed by atoms with E-state index < -0.39 is 35.5 Å². The third-order valence-electron chi connectivity index (χ3n) is 14.0. The second kappa shape index (κ2) is 27.7. The van der Waals surface area contributed by atoms with E-state index in [0.29, 0.717) is 54.5 Å². The number of carbonyl (C=O) groups excluding carboxylic acids is 2. The van der Waals surface area contributed by atoms with Gasteiger partial charge in [0.25, 0.3) is 0 Å². The molecule has 14 heteroatoms. The molecule has 2 amide bonds. The molecule has 0 unspecified atom stereocenters. The molecular weight excluding hydrogens is 903 g/mol. The molecule has 2 heterocycles. The van der Waals surface area contributed by atoms with Crippen molar-refractivity contribution >= 4 is 17.9 Å². The summed E-state index contributed by atoms with van der Waals surface area (Å²) >= 11 is 0. The summed E-state index contributed by atoms with van der Waals surface area (Å²) < 4.78 is 38.0. The summed E-state index contributed by atoms with van der Waals surface area (Å²) in [5.41, 5.74) is 2.51. The maximum Gasteiger partial charge on any atom is 0.412 e. The van der Waals surface area contributed by atoms with Gasteiger partial charge in [0.1, 0.15) is 23.1 Å². The van der Waals surface area contributed by atoms with Crippen LogP contribution in [0, 0.1) is 17.8 Å². The van der Waals surface area contributed by atoms with Crippen LogP contribution in [-0.2, 0) is 20.9 Å². The van der Waals surface area contributed by atoms with E-state index in [9.17, 15) is 19.8 Å². The molecule has 2 aliphatic heterocycles. The number of ether oxygens (including phenoxy) is 6. The molecule has 0 spiro atoms. The van der Waals surface area contributed by atoms with Crippen LogP contribution in [0.1, 0.15) is 160 Å². The van der Waals surface area contributed by atoms with Crippen LogP contribution in [0.25, 0.3) is 0 Å². The molecule has 0 saturated heterocycles. The molecule has 6 atom stereocenters. The highest BCUT2D eigenvalue weighted by atomic mass is 16.7. The van der Waals surface area contributed by atoms with Crippen molar-refractivity contribution in [2.45, 2.75) is 173 Å². The molecular formula is C57H83N3O11. The first-order chi connectivity index (χ1) is 34.5. The average Bonchev–Trinajstić information content (AvgIpc) is 3.83. The quantitative estimate of drug-likeness (QED) is 0.0387. The van der Waals surface area contributed by atoms with Gasteiger partial charge in [0.05, 0.1) is 24.8 Å².